The number of halogens is 12. The van der Waals surface area contributed by atoms with Gasteiger partial charge >= 0.3 is 43.7 Å². The Hall–Kier alpha value is 0.460. The summed E-state index contributed by atoms with van der Waals surface area (Å²) < 4.78 is 3.27. The molecular weight excluding hydrogens is 2540 g/mol. The van der Waals surface area contributed by atoms with E-state index in [4.69, 9.17) is 10.2 Å². The Morgan fingerprint density at radius 3 is 1.06 bits per heavy atom. The van der Waals surface area contributed by atoms with Gasteiger partial charge in [0.2, 0.25) is 23.6 Å². The van der Waals surface area contributed by atoms with Crippen molar-refractivity contribution in [3.63, 3.8) is 0 Å². The Balaban J connectivity index is 0.000000587. The Labute approximate surface area is 689 Å². The fourth-order valence-corrected chi connectivity index (χ4v) is 25.4. The van der Waals surface area contributed by atoms with Crippen molar-refractivity contribution >= 4 is 403 Å². The standard InChI is InChI=1S/2C24H21I6N5O8.Ca/c2*1-7(37)35(3)20-17(29)10(21(39)31-2)13(25)11(18(20)30)23(41)33-6-8(38)34-19-15(27)9(22(40)32-4-5-36)14(26)12(16(19)28)24(42)43;/h2*36H,4-6H2,1-3H3,(H,31,39)(H,32,40)(H,33,41)(H,34,38)(H,42,43);/q;;+2/p-2. The molecule has 0 aliphatic rings. The van der Waals surface area contributed by atoms with Crippen LogP contribution < -0.4 is 57.2 Å². The quantitative estimate of drug-likeness (QED) is 0.0251. The number of aliphatic hydroxyl groups excluding tert-OH is 2. The summed E-state index contributed by atoms with van der Waals surface area (Å²) in [5.74, 6) is -8.76. The van der Waals surface area contributed by atoms with E-state index in [-0.39, 0.29) is 157 Å². The molecule has 0 fully saturated rings. The van der Waals surface area contributed by atoms with Gasteiger partial charge in [-0.15, -0.1) is 0 Å². The number of aliphatic hydroxyl groups is 2. The van der Waals surface area contributed by atoms with Gasteiger partial charge in [-0.1, -0.05) is 0 Å². The molecule has 10 N–H and O–H groups in total. The Morgan fingerprint density at radius 2 is 0.736 bits per heavy atom. The third kappa shape index (κ3) is 20.3. The summed E-state index contributed by atoms with van der Waals surface area (Å²) in [6.45, 7) is 0.763. The van der Waals surface area contributed by atoms with E-state index in [9.17, 15) is 68.1 Å². The second-order valence-corrected chi connectivity index (χ2v) is 29.4. The minimum atomic E-state index is -1.57. The summed E-state index contributed by atoms with van der Waals surface area (Å²) in [5, 5.41) is 70.2. The van der Waals surface area contributed by atoms with Crippen LogP contribution in [0.5, 0.6) is 0 Å². The van der Waals surface area contributed by atoms with E-state index >= 15 is 0 Å². The monoisotopic (exact) mass is 2580 g/mol. The third-order valence-corrected chi connectivity index (χ3v) is 24.0. The number of hydrogen-bond donors (Lipinski definition) is 10. The predicted molar refractivity (Wildman–Crippen MR) is 420 cm³/mol. The zero-order valence-corrected chi connectivity index (χ0v) is 73.1. The van der Waals surface area contributed by atoms with E-state index in [0.29, 0.717) is 29.2 Å². The second-order valence-electron chi connectivity index (χ2n) is 16.5. The van der Waals surface area contributed by atoms with Crippen LogP contribution in [0.25, 0.3) is 0 Å². The van der Waals surface area contributed by atoms with Crippen LogP contribution in [0.1, 0.15) is 91.9 Å². The average molecular weight is 2580 g/mol. The molecular formula is C48H40CaI12N10O16. The first-order chi connectivity index (χ1) is 40.0. The smallest absolute Gasteiger partial charge is 0.858 e. The van der Waals surface area contributed by atoms with Gasteiger partial charge in [-0.05, 0) is 277 Å². The van der Waals surface area contributed by atoms with E-state index in [0.717, 1.165) is 0 Å². The van der Waals surface area contributed by atoms with Gasteiger partial charge in [-0.3, -0.25) is 43.2 Å². The Morgan fingerprint density at radius 1 is 0.448 bits per heavy atom. The number of aromatic carboxylic acids is 2. The maximum Gasteiger partial charge on any atom is 2.00 e. The normalized spacial score (nSPS) is 10.7. The molecule has 0 saturated carbocycles. The second kappa shape index (κ2) is 38.3. The van der Waals surface area contributed by atoms with Crippen molar-refractivity contribution in [1.82, 2.24) is 26.6 Å². The minimum absolute atomic E-state index is 0. The first kappa shape index (κ1) is 83.5. The average Bonchev–Trinajstić information content (AvgIpc) is 0.891. The molecule has 0 aliphatic heterocycles. The Bertz CT molecular complexity index is 3580. The number of amides is 9. The molecule has 0 saturated heterocycles. The van der Waals surface area contributed by atoms with Crippen molar-refractivity contribution in [1.29, 1.82) is 0 Å². The molecule has 4 aromatic rings. The van der Waals surface area contributed by atoms with Crippen LogP contribution in [-0.4, -0.2) is 192 Å². The van der Waals surface area contributed by atoms with Crippen molar-refractivity contribution in [3.8, 4) is 0 Å². The van der Waals surface area contributed by atoms with Crippen molar-refractivity contribution in [3.05, 3.63) is 87.3 Å². The first-order valence-corrected chi connectivity index (χ1v) is 36.1. The van der Waals surface area contributed by atoms with Crippen LogP contribution in [0.4, 0.5) is 22.7 Å². The maximum absolute atomic E-state index is 13.4. The number of nitrogens with zero attached hydrogens (tertiary/aromatic N) is 3. The van der Waals surface area contributed by atoms with Gasteiger partial charge in [0, 0.05) is 87.7 Å². The molecule has 0 atom stereocenters. The molecule has 4 aromatic carbocycles. The topological polar surface area (TPSA) is 398 Å². The maximum atomic E-state index is 13.4. The largest absolute Gasteiger partial charge is 2.00 e. The molecule has 464 valence electrons. The molecule has 0 spiro atoms. The molecule has 0 aromatic heterocycles. The zero-order chi connectivity index (χ0) is 65.8. The van der Waals surface area contributed by atoms with Gasteiger partial charge < -0.3 is 82.3 Å². The van der Waals surface area contributed by atoms with Crippen molar-refractivity contribution in [2.75, 3.05) is 88.0 Å². The summed E-state index contributed by atoms with van der Waals surface area (Å²) in [4.78, 5) is 146. The zero-order valence-electron chi connectivity index (χ0n) is 45.0. The number of aliphatic imine (C=N–C) groups is 1. The number of carbonyl (C=O) groups is 11. The fourth-order valence-electron chi connectivity index (χ4n) is 6.92. The molecule has 9 amide bonds. The van der Waals surface area contributed by atoms with Crippen LogP contribution in [0.2, 0.25) is 0 Å². The number of carboxylic acid groups (broad SMARTS) is 2. The molecule has 0 aliphatic carbocycles. The number of benzene rings is 4. The summed E-state index contributed by atoms with van der Waals surface area (Å²) in [5.41, 5.74) is 0.740. The van der Waals surface area contributed by atoms with Crippen LogP contribution in [0, 0.1) is 42.8 Å². The van der Waals surface area contributed by atoms with E-state index < -0.39 is 72.3 Å². The van der Waals surface area contributed by atoms with Gasteiger partial charge in [0.1, 0.15) is 0 Å². The van der Waals surface area contributed by atoms with E-state index in [2.05, 4.69) is 42.2 Å². The van der Waals surface area contributed by atoms with Gasteiger partial charge in [0.05, 0.1) is 110 Å². The summed E-state index contributed by atoms with van der Waals surface area (Å²) in [6, 6.07) is 0. The molecule has 0 unspecified atom stereocenters. The molecule has 0 heterocycles. The third-order valence-electron chi connectivity index (χ3n) is 11.2. The number of hydrogen-bond acceptors (Lipinski definition) is 16. The predicted octanol–water partition coefficient (Wildman–Crippen LogP) is 4.55. The molecule has 4 rings (SSSR count). The number of nitrogens with one attached hydrogen (secondary N) is 7. The number of rotatable bonds is 20. The number of carbonyl (C=O) groups excluding carboxylic acids is 10. The van der Waals surface area contributed by atoms with Gasteiger partial charge in [0.25, 0.3) is 29.5 Å². The molecule has 26 nitrogen and oxygen atoms in total. The van der Waals surface area contributed by atoms with Gasteiger partial charge in [-0.2, -0.15) is 0 Å². The van der Waals surface area contributed by atoms with E-state index in [1.54, 1.807) is 113 Å². The van der Waals surface area contributed by atoms with E-state index in [1.165, 1.54) is 51.8 Å². The minimum Gasteiger partial charge on any atom is -0.858 e. The van der Waals surface area contributed by atoms with Crippen molar-refractivity contribution in [2.24, 2.45) is 4.99 Å². The fraction of sp³-hybridized carbons (Fsp3) is 0.250. The van der Waals surface area contributed by atoms with Crippen molar-refractivity contribution in [2.45, 2.75) is 13.8 Å². The van der Waals surface area contributed by atoms with Crippen LogP contribution in [0.3, 0.4) is 0 Å². The van der Waals surface area contributed by atoms with Gasteiger partial charge in [0.15, 0.2) is 0 Å². The van der Waals surface area contributed by atoms with Gasteiger partial charge in [-0.25, -0.2) is 4.79 Å². The van der Waals surface area contributed by atoms with E-state index in [1.807, 2.05) is 158 Å². The molecule has 0 radical (unpaired) electrons. The van der Waals surface area contributed by atoms with Crippen LogP contribution in [0.15, 0.2) is 4.99 Å². The first-order valence-electron chi connectivity index (χ1n) is 23.1. The summed E-state index contributed by atoms with van der Waals surface area (Å²) in [7, 11) is 5.78. The van der Waals surface area contributed by atoms with Crippen LogP contribution >= 0.6 is 271 Å². The number of carboxylic acids is 2. The van der Waals surface area contributed by atoms with Crippen molar-refractivity contribution < 1.29 is 78.3 Å². The molecule has 87 heavy (non-hydrogen) atoms. The molecule has 0 bridgehead atoms. The molecule has 39 heteroatoms. The summed E-state index contributed by atoms with van der Waals surface area (Å²) >= 11 is 22.0. The SMILES string of the molecule is CN=C([O-])c1c(I)c(C(=O)NCC(=O)Nc2c(I)c(C(=O)[O-])c(I)c(C(=O)NCCO)c2I)c(I)c(N(C)C(C)=O)c1I.CNC(=O)c1c(I)c(C(=O)NCC(=O)Nc2c(I)c(C(=O)O)c(I)c(C(=O)NCCO)c2I)c(I)c(N(C)C(C)=O)c1I.[Ca+2]. The Kier molecular flexibility index (Phi) is 36.7. The number of anilines is 4. The summed E-state index contributed by atoms with van der Waals surface area (Å²) in [6.07, 6.45) is 0. The van der Waals surface area contributed by atoms with Crippen LogP contribution in [-0.2, 0) is 19.2 Å².